The largest absolute Gasteiger partial charge is 0.308 e. The molecule has 3 aromatic rings. The SMILES string of the molecule is CNC(c1c(F)cccc1F)c1nccc2ccccc12. The fourth-order valence-corrected chi connectivity index (χ4v) is 2.58. The van der Waals surface area contributed by atoms with Crippen molar-refractivity contribution in [1.82, 2.24) is 10.3 Å². The van der Waals surface area contributed by atoms with Gasteiger partial charge in [0.1, 0.15) is 11.6 Å². The average Bonchev–Trinajstić information content (AvgIpc) is 2.51. The summed E-state index contributed by atoms with van der Waals surface area (Å²) in [5, 5.41) is 4.83. The zero-order valence-corrected chi connectivity index (χ0v) is 11.5. The number of nitrogens with zero attached hydrogens (tertiary/aromatic N) is 1. The molecule has 0 spiro atoms. The molecule has 2 nitrogen and oxygen atoms in total. The van der Waals surface area contributed by atoms with Crippen molar-refractivity contribution in [2.75, 3.05) is 7.05 Å². The normalized spacial score (nSPS) is 12.5. The molecule has 21 heavy (non-hydrogen) atoms. The number of hydrogen-bond acceptors (Lipinski definition) is 2. The van der Waals surface area contributed by atoms with E-state index in [9.17, 15) is 8.78 Å². The highest BCUT2D eigenvalue weighted by Gasteiger charge is 2.23. The lowest BCUT2D eigenvalue weighted by Crippen LogP contribution is -2.21. The Bertz CT molecular complexity index is 761. The van der Waals surface area contributed by atoms with Gasteiger partial charge in [-0.2, -0.15) is 0 Å². The molecule has 0 aliphatic heterocycles. The van der Waals surface area contributed by atoms with Gasteiger partial charge in [-0.05, 0) is 30.6 Å². The summed E-state index contributed by atoms with van der Waals surface area (Å²) in [4.78, 5) is 4.34. The molecule has 3 rings (SSSR count). The summed E-state index contributed by atoms with van der Waals surface area (Å²) in [6, 6.07) is 12.8. The van der Waals surface area contributed by atoms with Crippen molar-refractivity contribution in [3.8, 4) is 0 Å². The van der Waals surface area contributed by atoms with Gasteiger partial charge in [-0.3, -0.25) is 4.98 Å². The lowest BCUT2D eigenvalue weighted by atomic mass is 9.98. The maximum atomic E-state index is 14.1. The molecule has 0 bridgehead atoms. The maximum absolute atomic E-state index is 14.1. The quantitative estimate of drug-likeness (QED) is 0.791. The van der Waals surface area contributed by atoms with E-state index in [0.29, 0.717) is 5.69 Å². The van der Waals surface area contributed by atoms with E-state index in [-0.39, 0.29) is 5.56 Å². The molecule has 0 aliphatic carbocycles. The van der Waals surface area contributed by atoms with Crippen molar-refractivity contribution in [1.29, 1.82) is 0 Å². The number of benzene rings is 2. The number of aromatic nitrogens is 1. The third-order valence-electron chi connectivity index (χ3n) is 3.55. The number of rotatable bonds is 3. The third kappa shape index (κ3) is 2.38. The summed E-state index contributed by atoms with van der Waals surface area (Å²) in [7, 11) is 1.67. The lowest BCUT2D eigenvalue weighted by Gasteiger charge is -2.19. The van der Waals surface area contributed by atoms with Crippen LogP contribution in [0.3, 0.4) is 0 Å². The van der Waals surface area contributed by atoms with Crippen LogP contribution in [0.2, 0.25) is 0 Å². The van der Waals surface area contributed by atoms with Crippen LogP contribution >= 0.6 is 0 Å². The van der Waals surface area contributed by atoms with Crippen molar-refractivity contribution in [2.24, 2.45) is 0 Å². The molecular weight excluding hydrogens is 270 g/mol. The summed E-state index contributed by atoms with van der Waals surface area (Å²) in [6.07, 6.45) is 1.65. The Morgan fingerprint density at radius 2 is 1.67 bits per heavy atom. The van der Waals surface area contributed by atoms with Gasteiger partial charge in [0.05, 0.1) is 11.7 Å². The van der Waals surface area contributed by atoms with E-state index in [4.69, 9.17) is 0 Å². The van der Waals surface area contributed by atoms with Crippen LogP contribution in [0.4, 0.5) is 8.78 Å². The molecule has 0 saturated carbocycles. The van der Waals surface area contributed by atoms with Crippen molar-refractivity contribution in [3.05, 3.63) is 77.6 Å². The number of halogens is 2. The Kier molecular flexibility index (Phi) is 3.62. The van der Waals surface area contributed by atoms with E-state index in [0.717, 1.165) is 10.8 Å². The van der Waals surface area contributed by atoms with E-state index in [1.54, 1.807) is 13.2 Å². The second kappa shape index (κ2) is 5.58. The van der Waals surface area contributed by atoms with Crippen LogP contribution in [-0.2, 0) is 0 Å². The number of hydrogen-bond donors (Lipinski definition) is 1. The van der Waals surface area contributed by atoms with Gasteiger partial charge in [0.2, 0.25) is 0 Å². The van der Waals surface area contributed by atoms with Crippen LogP contribution in [0.1, 0.15) is 17.3 Å². The van der Waals surface area contributed by atoms with Crippen molar-refractivity contribution in [3.63, 3.8) is 0 Å². The molecule has 1 aromatic heterocycles. The first-order valence-corrected chi connectivity index (χ1v) is 6.67. The Hall–Kier alpha value is -2.33. The minimum atomic E-state index is -0.641. The summed E-state index contributed by atoms with van der Waals surface area (Å²) in [5.41, 5.74) is 0.600. The molecule has 1 unspecified atom stereocenters. The monoisotopic (exact) mass is 284 g/mol. The van der Waals surface area contributed by atoms with Crippen LogP contribution in [0, 0.1) is 11.6 Å². The lowest BCUT2D eigenvalue weighted by molar-refractivity contribution is 0.519. The molecule has 0 radical (unpaired) electrons. The predicted molar refractivity (Wildman–Crippen MR) is 79.0 cm³/mol. The molecule has 1 atom stereocenters. The Morgan fingerprint density at radius 3 is 2.38 bits per heavy atom. The second-order valence-corrected chi connectivity index (χ2v) is 4.77. The van der Waals surface area contributed by atoms with Gasteiger partial charge in [-0.1, -0.05) is 30.3 Å². The fourth-order valence-electron chi connectivity index (χ4n) is 2.58. The molecule has 1 heterocycles. The first-order chi connectivity index (χ1) is 10.2. The Balaban J connectivity index is 2.24. The molecule has 0 fully saturated rings. The topological polar surface area (TPSA) is 24.9 Å². The smallest absolute Gasteiger partial charge is 0.131 e. The number of fused-ring (bicyclic) bond motifs is 1. The van der Waals surface area contributed by atoms with Crippen LogP contribution in [0.5, 0.6) is 0 Å². The number of nitrogens with one attached hydrogen (secondary N) is 1. The van der Waals surface area contributed by atoms with Crippen LogP contribution in [-0.4, -0.2) is 12.0 Å². The molecular formula is C17H14F2N2. The van der Waals surface area contributed by atoms with E-state index < -0.39 is 17.7 Å². The van der Waals surface area contributed by atoms with Crippen LogP contribution in [0.15, 0.2) is 54.7 Å². The van der Waals surface area contributed by atoms with E-state index in [2.05, 4.69) is 10.3 Å². The molecule has 0 aliphatic rings. The van der Waals surface area contributed by atoms with Gasteiger partial charge in [0.25, 0.3) is 0 Å². The van der Waals surface area contributed by atoms with Crippen molar-refractivity contribution >= 4 is 10.8 Å². The van der Waals surface area contributed by atoms with E-state index in [1.165, 1.54) is 18.2 Å². The summed E-state index contributed by atoms with van der Waals surface area (Å²) in [5.74, 6) is -1.16. The zero-order valence-electron chi connectivity index (χ0n) is 11.5. The molecule has 4 heteroatoms. The zero-order chi connectivity index (χ0) is 14.8. The summed E-state index contributed by atoms with van der Waals surface area (Å²) < 4.78 is 28.1. The highest BCUT2D eigenvalue weighted by atomic mass is 19.1. The van der Waals surface area contributed by atoms with Gasteiger partial charge in [0.15, 0.2) is 0 Å². The standard InChI is InChI=1S/C17H14F2N2/c1-20-17(15-13(18)7-4-8-14(15)19)16-12-6-3-2-5-11(12)9-10-21-16/h2-10,17,20H,1H3. The first kappa shape index (κ1) is 13.6. The van der Waals surface area contributed by atoms with Gasteiger partial charge < -0.3 is 5.32 Å². The predicted octanol–water partition coefficient (Wildman–Crippen LogP) is 3.82. The van der Waals surface area contributed by atoms with Gasteiger partial charge in [-0.15, -0.1) is 0 Å². The first-order valence-electron chi connectivity index (χ1n) is 6.67. The van der Waals surface area contributed by atoms with Crippen LogP contribution in [0.25, 0.3) is 10.8 Å². The van der Waals surface area contributed by atoms with Crippen molar-refractivity contribution < 1.29 is 8.78 Å². The Labute approximate surface area is 121 Å². The van der Waals surface area contributed by atoms with Gasteiger partial charge >= 0.3 is 0 Å². The van der Waals surface area contributed by atoms with E-state index in [1.807, 2.05) is 30.3 Å². The number of pyridine rings is 1. The Morgan fingerprint density at radius 1 is 0.952 bits per heavy atom. The summed E-state index contributed by atoms with van der Waals surface area (Å²) in [6.45, 7) is 0. The molecule has 2 aromatic carbocycles. The highest BCUT2D eigenvalue weighted by molar-refractivity contribution is 5.85. The third-order valence-corrected chi connectivity index (χ3v) is 3.55. The van der Waals surface area contributed by atoms with Crippen LogP contribution < -0.4 is 5.32 Å². The van der Waals surface area contributed by atoms with Crippen molar-refractivity contribution in [2.45, 2.75) is 6.04 Å². The maximum Gasteiger partial charge on any atom is 0.131 e. The summed E-state index contributed by atoms with van der Waals surface area (Å²) >= 11 is 0. The van der Waals surface area contributed by atoms with E-state index >= 15 is 0 Å². The molecule has 1 N–H and O–H groups in total. The van der Waals surface area contributed by atoms with Gasteiger partial charge in [-0.25, -0.2) is 8.78 Å². The molecule has 0 amide bonds. The average molecular weight is 284 g/mol. The molecule has 0 saturated heterocycles. The minimum absolute atomic E-state index is 0.0103. The van der Waals surface area contributed by atoms with Gasteiger partial charge in [0, 0.05) is 17.1 Å². The molecule has 106 valence electrons. The highest BCUT2D eigenvalue weighted by Crippen LogP contribution is 2.29. The second-order valence-electron chi connectivity index (χ2n) is 4.77. The fraction of sp³-hybridized carbons (Fsp3) is 0.118. The minimum Gasteiger partial charge on any atom is -0.308 e.